The van der Waals surface area contributed by atoms with Crippen LogP contribution in [0.4, 0.5) is 0 Å². The summed E-state index contributed by atoms with van der Waals surface area (Å²) in [4.78, 5) is 37.2. The molecule has 4 rings (SSSR count). The molecule has 0 aliphatic heterocycles. The fraction of sp³-hybridized carbons (Fsp3) is 0.792. The topological polar surface area (TPSA) is 80.7 Å². The highest BCUT2D eigenvalue weighted by Gasteiger charge is 2.68. The van der Waals surface area contributed by atoms with E-state index in [0.29, 0.717) is 30.6 Å². The van der Waals surface area contributed by atoms with Crippen molar-refractivity contribution >= 4 is 17.5 Å². The molecule has 0 bridgehead atoms. The van der Waals surface area contributed by atoms with Crippen LogP contribution in [0.5, 0.6) is 0 Å². The van der Waals surface area contributed by atoms with Gasteiger partial charge < -0.3 is 9.84 Å². The van der Waals surface area contributed by atoms with Crippen LogP contribution in [0.15, 0.2) is 11.6 Å². The first-order chi connectivity index (χ1) is 13.5. The highest BCUT2D eigenvalue weighted by Crippen LogP contribution is 2.68. The number of hydrogen-bond acceptors (Lipinski definition) is 5. The summed E-state index contributed by atoms with van der Waals surface area (Å²) in [5, 5.41) is 10.1. The zero-order chi connectivity index (χ0) is 21.2. The summed E-state index contributed by atoms with van der Waals surface area (Å²) in [5.74, 6) is 0.719. The summed E-state index contributed by atoms with van der Waals surface area (Å²) in [6.07, 6.45) is 7.40. The minimum absolute atomic E-state index is 0.0686. The standard InChI is InChI=1S/C24H34O5/c1-14(25)21(28)24(29-15(2)26)12-9-20-18-6-5-16-13-17(27)7-10-22(16,3)19(18)8-11-23(20,24)4/h13-14,18-20,25H,5-12H2,1-4H3/t14?,18-,19+,20+,22+,23+,24+/m1/s1. The Morgan fingerprint density at radius 2 is 1.79 bits per heavy atom. The van der Waals surface area contributed by atoms with Gasteiger partial charge in [0.2, 0.25) is 5.78 Å². The Kier molecular flexibility index (Phi) is 4.84. The zero-order valence-electron chi connectivity index (χ0n) is 18.1. The molecule has 4 aliphatic rings. The Labute approximate surface area is 173 Å². The number of aliphatic hydroxyl groups excluding tert-OH is 1. The molecule has 3 saturated carbocycles. The maximum absolute atomic E-state index is 13.2. The Hall–Kier alpha value is -1.49. The zero-order valence-corrected chi connectivity index (χ0v) is 18.1. The fourth-order valence-electron chi connectivity index (χ4n) is 7.76. The largest absolute Gasteiger partial charge is 0.451 e. The number of carbonyl (C=O) groups excluding carboxylic acids is 3. The van der Waals surface area contributed by atoms with E-state index in [4.69, 9.17) is 4.74 Å². The molecule has 7 atom stereocenters. The molecule has 0 spiro atoms. The first kappa shape index (κ1) is 20.8. The van der Waals surface area contributed by atoms with Gasteiger partial charge in [0.05, 0.1) is 0 Å². The average molecular weight is 403 g/mol. The third-order valence-corrected chi connectivity index (χ3v) is 9.18. The van der Waals surface area contributed by atoms with Crippen molar-refractivity contribution in [1.82, 2.24) is 0 Å². The van der Waals surface area contributed by atoms with Gasteiger partial charge in [-0.1, -0.05) is 19.4 Å². The van der Waals surface area contributed by atoms with Crippen molar-refractivity contribution in [1.29, 1.82) is 0 Å². The molecule has 0 heterocycles. The Morgan fingerprint density at radius 1 is 1.10 bits per heavy atom. The van der Waals surface area contributed by atoms with Crippen molar-refractivity contribution < 1.29 is 24.2 Å². The number of hydrogen-bond donors (Lipinski definition) is 1. The second-order valence-electron chi connectivity index (χ2n) is 10.4. The van der Waals surface area contributed by atoms with E-state index in [9.17, 15) is 19.5 Å². The lowest BCUT2D eigenvalue weighted by Gasteiger charge is -2.59. The van der Waals surface area contributed by atoms with Gasteiger partial charge in [0, 0.05) is 18.8 Å². The van der Waals surface area contributed by atoms with Gasteiger partial charge in [0.15, 0.2) is 11.4 Å². The minimum atomic E-state index is -1.22. The van der Waals surface area contributed by atoms with E-state index in [-0.39, 0.29) is 17.0 Å². The number of rotatable bonds is 3. The molecule has 0 radical (unpaired) electrons. The van der Waals surface area contributed by atoms with E-state index in [1.54, 1.807) is 0 Å². The molecule has 3 fully saturated rings. The third-order valence-electron chi connectivity index (χ3n) is 9.18. The highest BCUT2D eigenvalue weighted by atomic mass is 16.6. The average Bonchev–Trinajstić information content (AvgIpc) is 2.94. The van der Waals surface area contributed by atoms with Crippen molar-refractivity contribution in [3.8, 4) is 0 Å². The quantitative estimate of drug-likeness (QED) is 0.727. The van der Waals surface area contributed by atoms with Crippen LogP contribution in [0.2, 0.25) is 0 Å². The second-order valence-corrected chi connectivity index (χ2v) is 10.4. The van der Waals surface area contributed by atoms with Crippen LogP contribution in [0.3, 0.4) is 0 Å². The molecule has 0 aromatic heterocycles. The summed E-state index contributed by atoms with van der Waals surface area (Å²) in [7, 11) is 0. The first-order valence-electron chi connectivity index (χ1n) is 11.2. The van der Waals surface area contributed by atoms with E-state index in [2.05, 4.69) is 13.8 Å². The van der Waals surface area contributed by atoms with E-state index >= 15 is 0 Å². The Balaban J connectivity index is 1.71. The molecule has 0 aromatic carbocycles. The first-order valence-corrected chi connectivity index (χ1v) is 11.2. The van der Waals surface area contributed by atoms with Gasteiger partial charge in [-0.25, -0.2) is 0 Å². The number of esters is 1. The van der Waals surface area contributed by atoms with Gasteiger partial charge in [0.25, 0.3) is 0 Å². The summed E-state index contributed by atoms with van der Waals surface area (Å²) in [5.41, 5.74) is -0.278. The smallest absolute Gasteiger partial charge is 0.303 e. The lowest BCUT2D eigenvalue weighted by Crippen LogP contribution is -2.60. The normalized spacial score (nSPS) is 44.8. The van der Waals surface area contributed by atoms with Gasteiger partial charge in [-0.05, 0) is 81.1 Å². The van der Waals surface area contributed by atoms with Crippen LogP contribution in [0.1, 0.15) is 79.1 Å². The van der Waals surface area contributed by atoms with Crippen molar-refractivity contribution in [2.24, 2.45) is 28.6 Å². The van der Waals surface area contributed by atoms with E-state index in [1.807, 2.05) is 6.08 Å². The van der Waals surface area contributed by atoms with Gasteiger partial charge in [-0.2, -0.15) is 0 Å². The number of ketones is 2. The lowest BCUT2D eigenvalue weighted by atomic mass is 9.46. The molecule has 5 heteroatoms. The van der Waals surface area contributed by atoms with Crippen LogP contribution in [0, 0.1) is 28.6 Å². The Morgan fingerprint density at radius 3 is 2.45 bits per heavy atom. The summed E-state index contributed by atoms with van der Waals surface area (Å²) in [6.45, 7) is 7.28. The van der Waals surface area contributed by atoms with Crippen LogP contribution in [-0.2, 0) is 19.1 Å². The third kappa shape index (κ3) is 2.79. The van der Waals surface area contributed by atoms with Crippen molar-refractivity contribution in [2.45, 2.75) is 90.8 Å². The highest BCUT2D eigenvalue weighted by molar-refractivity contribution is 5.94. The number of aliphatic hydroxyl groups is 1. The Bertz CT molecular complexity index is 782. The minimum Gasteiger partial charge on any atom is -0.451 e. The molecule has 0 aromatic rings. The molecular formula is C24H34O5. The van der Waals surface area contributed by atoms with Gasteiger partial charge in [-0.15, -0.1) is 0 Å². The van der Waals surface area contributed by atoms with Crippen molar-refractivity contribution in [3.05, 3.63) is 11.6 Å². The molecule has 1 unspecified atom stereocenters. The van der Waals surface area contributed by atoms with Crippen LogP contribution in [0.25, 0.3) is 0 Å². The molecule has 5 nitrogen and oxygen atoms in total. The molecule has 0 saturated heterocycles. The predicted octanol–water partition coefficient (Wildman–Crippen LogP) is 3.77. The number of allylic oxidation sites excluding steroid dienone is 1. The second kappa shape index (κ2) is 6.76. The molecule has 1 N–H and O–H groups in total. The number of Topliss-reactive ketones (excluding diaryl/α,β-unsaturated/α-hetero) is 1. The van der Waals surface area contributed by atoms with E-state index < -0.39 is 23.1 Å². The molecule has 160 valence electrons. The number of fused-ring (bicyclic) bond motifs is 5. The van der Waals surface area contributed by atoms with E-state index in [1.165, 1.54) is 19.4 Å². The fourth-order valence-corrected chi connectivity index (χ4v) is 7.76. The SMILES string of the molecule is CC(=O)O[C@]1(C(=O)C(C)O)CC[C@H]2[C@@H]3CCC4=CC(=O)CC[C@]4(C)[C@H]3CC[C@@]21C. The lowest BCUT2D eigenvalue weighted by molar-refractivity contribution is -0.192. The van der Waals surface area contributed by atoms with Gasteiger partial charge in [-0.3, -0.25) is 14.4 Å². The van der Waals surface area contributed by atoms with Gasteiger partial charge in [0.1, 0.15) is 6.10 Å². The van der Waals surface area contributed by atoms with E-state index in [0.717, 1.165) is 38.5 Å². The predicted molar refractivity (Wildman–Crippen MR) is 108 cm³/mol. The molecule has 4 aliphatic carbocycles. The summed E-state index contributed by atoms with van der Waals surface area (Å²) < 4.78 is 5.82. The molecular weight excluding hydrogens is 368 g/mol. The van der Waals surface area contributed by atoms with Crippen LogP contribution < -0.4 is 0 Å². The maximum atomic E-state index is 13.2. The molecule has 29 heavy (non-hydrogen) atoms. The van der Waals surface area contributed by atoms with Gasteiger partial charge >= 0.3 is 5.97 Å². The maximum Gasteiger partial charge on any atom is 0.303 e. The summed E-state index contributed by atoms with van der Waals surface area (Å²) in [6, 6.07) is 0. The van der Waals surface area contributed by atoms with Crippen LogP contribution >= 0.6 is 0 Å². The summed E-state index contributed by atoms with van der Waals surface area (Å²) >= 11 is 0. The monoisotopic (exact) mass is 402 g/mol. The molecule has 0 amide bonds. The van der Waals surface area contributed by atoms with Crippen molar-refractivity contribution in [2.75, 3.05) is 0 Å². The number of ether oxygens (including phenoxy) is 1. The number of carbonyl (C=O) groups is 3. The van der Waals surface area contributed by atoms with Crippen LogP contribution in [-0.4, -0.2) is 34.3 Å². The van der Waals surface area contributed by atoms with Crippen molar-refractivity contribution in [3.63, 3.8) is 0 Å².